The Kier molecular flexibility index (Phi) is 9.09. The molecule has 3 heterocycles. The molecule has 7 atom stereocenters. The molecule has 2 aromatic carbocycles. The Balaban J connectivity index is 1.50. The number of aliphatic hydroxyl groups excluding tert-OH is 1. The van der Waals surface area contributed by atoms with E-state index in [9.17, 15) is 19.5 Å². The second-order valence-corrected chi connectivity index (χ2v) is 17.0. The first-order valence-corrected chi connectivity index (χ1v) is 17.0. The van der Waals surface area contributed by atoms with E-state index in [1.54, 1.807) is 16.7 Å². The zero-order valence-corrected chi connectivity index (χ0v) is 28.1. The Morgan fingerprint density at radius 2 is 1.63 bits per heavy atom. The zero-order valence-electron chi connectivity index (χ0n) is 25.7. The van der Waals surface area contributed by atoms with Gasteiger partial charge in [0.15, 0.2) is 0 Å². The average molecular weight is 671 g/mol. The molecule has 2 aromatic rings. The first-order chi connectivity index (χ1) is 20.3. The van der Waals surface area contributed by atoms with E-state index in [1.165, 1.54) is 0 Å². The number of hydrogen-bond donors (Lipinski definition) is 3. The van der Waals surface area contributed by atoms with E-state index in [4.69, 9.17) is 0 Å². The van der Waals surface area contributed by atoms with Gasteiger partial charge in [-0.15, -0.1) is 11.8 Å². The maximum Gasteiger partial charge on any atom is 0.244 e. The molecule has 232 valence electrons. The number of amides is 3. The molecule has 3 N–H and O–H groups in total. The van der Waals surface area contributed by atoms with Crippen LogP contribution in [0.2, 0.25) is 0 Å². The van der Waals surface area contributed by atoms with Crippen LogP contribution in [-0.2, 0) is 27.3 Å². The first-order valence-electron chi connectivity index (χ1n) is 15.2. The summed E-state index contributed by atoms with van der Waals surface area (Å²) in [6, 6.07) is 18.0. The van der Waals surface area contributed by atoms with Gasteiger partial charge < -0.3 is 20.6 Å². The summed E-state index contributed by atoms with van der Waals surface area (Å²) in [6.45, 7) is 10.6. The molecule has 9 heteroatoms. The number of aliphatic hydroxyl groups is 1. The highest BCUT2D eigenvalue weighted by molar-refractivity contribution is 9.09. The minimum absolute atomic E-state index is 0.0199. The van der Waals surface area contributed by atoms with Crippen LogP contribution in [0, 0.1) is 17.3 Å². The number of nitrogens with zero attached hydrogens (tertiary/aromatic N) is 1. The van der Waals surface area contributed by atoms with Gasteiger partial charge in [0.1, 0.15) is 6.04 Å². The molecule has 3 aliphatic rings. The summed E-state index contributed by atoms with van der Waals surface area (Å²) in [6.07, 6.45) is 1.76. The molecule has 0 radical (unpaired) electrons. The largest absolute Gasteiger partial charge is 0.394 e. The number of hydrogen-bond acceptors (Lipinski definition) is 5. The maximum atomic E-state index is 14.6. The summed E-state index contributed by atoms with van der Waals surface area (Å²) in [5, 5.41) is 17.0. The smallest absolute Gasteiger partial charge is 0.244 e. The topological polar surface area (TPSA) is 98.7 Å². The monoisotopic (exact) mass is 669 g/mol. The van der Waals surface area contributed by atoms with Crippen molar-refractivity contribution in [2.45, 2.75) is 92.9 Å². The number of rotatable bonds is 10. The molecule has 3 amide bonds. The number of alkyl halides is 1. The number of fused-ring (bicyclic) bond motifs is 1. The van der Waals surface area contributed by atoms with Gasteiger partial charge in [-0.05, 0) is 49.7 Å². The summed E-state index contributed by atoms with van der Waals surface area (Å²) in [4.78, 5) is 44.6. The van der Waals surface area contributed by atoms with Crippen LogP contribution >= 0.6 is 27.7 Å². The number of likely N-dealkylation sites (tertiary alicyclic amines) is 1. The lowest BCUT2D eigenvalue weighted by Gasteiger charge is -2.40. The molecule has 43 heavy (non-hydrogen) atoms. The summed E-state index contributed by atoms with van der Waals surface area (Å²) >= 11 is 5.47. The predicted octanol–water partition coefficient (Wildman–Crippen LogP) is 4.70. The van der Waals surface area contributed by atoms with Gasteiger partial charge in [-0.1, -0.05) is 97.4 Å². The molecule has 3 unspecified atom stereocenters. The van der Waals surface area contributed by atoms with Crippen LogP contribution in [0.1, 0.15) is 58.6 Å². The maximum absolute atomic E-state index is 14.6. The molecule has 2 bridgehead atoms. The van der Waals surface area contributed by atoms with Crippen LogP contribution in [0.5, 0.6) is 0 Å². The molecule has 0 aliphatic carbocycles. The summed E-state index contributed by atoms with van der Waals surface area (Å²) in [5.74, 6) is -1.83. The second kappa shape index (κ2) is 12.2. The Hall–Kier alpha value is -2.36. The van der Waals surface area contributed by atoms with Gasteiger partial charge in [0.05, 0.1) is 29.2 Å². The van der Waals surface area contributed by atoms with E-state index in [0.717, 1.165) is 17.5 Å². The molecule has 3 saturated heterocycles. The fraction of sp³-hybridized carbons (Fsp3) is 0.559. The van der Waals surface area contributed by atoms with Gasteiger partial charge >= 0.3 is 0 Å². The van der Waals surface area contributed by atoms with E-state index in [-0.39, 0.29) is 39.8 Å². The lowest BCUT2D eigenvalue weighted by molar-refractivity contribution is -0.143. The number of thioether (sulfide) groups is 1. The van der Waals surface area contributed by atoms with Gasteiger partial charge in [-0.3, -0.25) is 14.4 Å². The zero-order chi connectivity index (χ0) is 31.2. The Bertz CT molecular complexity index is 1330. The van der Waals surface area contributed by atoms with Crippen molar-refractivity contribution in [1.29, 1.82) is 0 Å². The SMILES string of the molecule is CC(C)(C)CC(C)(C)NC(=O)C1N([C@@H](CO)Cc2ccccc2)C(=O)[C@@H]2[C@H](C(=O)NCc3ccccc3)[C@H]3SC12CC3Br. The molecule has 5 rings (SSSR count). The fourth-order valence-electron chi connectivity index (χ4n) is 7.87. The minimum atomic E-state index is -0.813. The van der Waals surface area contributed by atoms with E-state index >= 15 is 0 Å². The van der Waals surface area contributed by atoms with Crippen LogP contribution in [0.25, 0.3) is 0 Å². The van der Waals surface area contributed by atoms with Gasteiger partial charge in [0, 0.05) is 22.2 Å². The molecule has 7 nitrogen and oxygen atoms in total. The average Bonchev–Trinajstić information content (AvgIpc) is 3.53. The van der Waals surface area contributed by atoms with Crippen LogP contribution in [0.15, 0.2) is 60.7 Å². The summed E-state index contributed by atoms with van der Waals surface area (Å²) in [5.41, 5.74) is 1.42. The van der Waals surface area contributed by atoms with Crippen molar-refractivity contribution in [3.8, 4) is 0 Å². The normalized spacial score (nSPS) is 29.0. The van der Waals surface area contributed by atoms with Crippen molar-refractivity contribution in [1.82, 2.24) is 15.5 Å². The molecule has 3 aliphatic heterocycles. The van der Waals surface area contributed by atoms with Crippen molar-refractivity contribution in [3.05, 3.63) is 71.8 Å². The van der Waals surface area contributed by atoms with Gasteiger partial charge in [-0.25, -0.2) is 0 Å². The standard InChI is InChI=1S/C34H44BrN3O4S/c1-32(2,3)20-33(4,5)37-30(41)28-34-17-24(35)27(43-34)25(29(40)36-18-22-14-10-7-11-15-22)26(34)31(42)38(28)23(19-39)16-21-12-8-6-9-13-21/h6-15,23-28,39H,16-20H2,1-5H3,(H,36,40)(H,37,41)/t23-,24?,25+,26+,27+,28?,34?/m1/s1. The third kappa shape index (κ3) is 6.40. The quantitative estimate of drug-likeness (QED) is 0.319. The number of benzene rings is 2. The molecular weight excluding hydrogens is 626 g/mol. The Labute approximate surface area is 268 Å². The summed E-state index contributed by atoms with van der Waals surface area (Å²) in [7, 11) is 0. The molecule has 0 aromatic heterocycles. The van der Waals surface area contributed by atoms with Crippen LogP contribution in [0.4, 0.5) is 0 Å². The highest BCUT2D eigenvalue weighted by atomic mass is 79.9. The number of nitrogens with one attached hydrogen (secondary N) is 2. The first kappa shape index (κ1) is 32.0. The third-order valence-electron chi connectivity index (χ3n) is 8.94. The van der Waals surface area contributed by atoms with E-state index in [0.29, 0.717) is 19.4 Å². The number of halogens is 1. The van der Waals surface area contributed by atoms with Gasteiger partial charge in [-0.2, -0.15) is 0 Å². The fourth-order valence-corrected chi connectivity index (χ4v) is 11.5. The predicted molar refractivity (Wildman–Crippen MR) is 175 cm³/mol. The van der Waals surface area contributed by atoms with Crippen LogP contribution in [0.3, 0.4) is 0 Å². The minimum Gasteiger partial charge on any atom is -0.394 e. The third-order valence-corrected chi connectivity index (χ3v) is 12.2. The van der Waals surface area contributed by atoms with E-state index < -0.39 is 34.2 Å². The van der Waals surface area contributed by atoms with Crippen LogP contribution < -0.4 is 10.6 Å². The Morgan fingerprint density at radius 1 is 1.02 bits per heavy atom. The lowest BCUT2D eigenvalue weighted by atomic mass is 9.70. The van der Waals surface area contributed by atoms with Crippen molar-refractivity contribution >= 4 is 45.4 Å². The number of carbonyl (C=O) groups excluding carboxylic acids is 3. The van der Waals surface area contributed by atoms with Crippen molar-refractivity contribution in [3.63, 3.8) is 0 Å². The number of carbonyl (C=O) groups is 3. The van der Waals surface area contributed by atoms with E-state index in [2.05, 4.69) is 47.3 Å². The molecule has 3 fully saturated rings. The lowest BCUT2D eigenvalue weighted by Crippen LogP contribution is -2.60. The Morgan fingerprint density at radius 3 is 2.21 bits per heavy atom. The van der Waals surface area contributed by atoms with Crippen molar-refractivity contribution < 1.29 is 19.5 Å². The van der Waals surface area contributed by atoms with Gasteiger partial charge in [0.25, 0.3) is 0 Å². The highest BCUT2D eigenvalue weighted by Crippen LogP contribution is 2.68. The molecule has 0 saturated carbocycles. The molecule has 1 spiro atoms. The second-order valence-electron chi connectivity index (χ2n) is 14.2. The highest BCUT2D eigenvalue weighted by Gasteiger charge is 2.76. The van der Waals surface area contributed by atoms with Gasteiger partial charge in [0.2, 0.25) is 17.7 Å². The van der Waals surface area contributed by atoms with Crippen molar-refractivity contribution in [2.24, 2.45) is 17.3 Å². The van der Waals surface area contributed by atoms with Crippen LogP contribution in [-0.4, -0.2) is 66.8 Å². The molecular formula is C34H44BrN3O4S. The van der Waals surface area contributed by atoms with E-state index in [1.807, 2.05) is 74.5 Å². The van der Waals surface area contributed by atoms with Crippen molar-refractivity contribution in [2.75, 3.05) is 6.61 Å². The summed E-state index contributed by atoms with van der Waals surface area (Å²) < 4.78 is -0.781.